The van der Waals surface area contributed by atoms with Gasteiger partial charge in [-0.2, -0.15) is 0 Å². The van der Waals surface area contributed by atoms with Crippen LogP contribution >= 0.6 is 0 Å². The Labute approximate surface area is 246 Å². The molecule has 0 aliphatic heterocycles. The second-order valence-corrected chi connectivity index (χ2v) is 11.1. The van der Waals surface area contributed by atoms with E-state index in [0.717, 1.165) is 77.0 Å². The van der Waals surface area contributed by atoms with E-state index >= 15 is 0 Å². The molecule has 0 aromatic carbocycles. The van der Waals surface area contributed by atoms with Gasteiger partial charge in [-0.15, -0.1) is 0 Å². The van der Waals surface area contributed by atoms with Crippen molar-refractivity contribution in [3.8, 4) is 0 Å². The number of ether oxygens (including phenoxy) is 3. The minimum absolute atomic E-state index is 0.0737. The van der Waals surface area contributed by atoms with Crippen molar-refractivity contribution in [2.24, 2.45) is 0 Å². The average molecular weight is 567 g/mol. The standard InChI is InChI=1S/C34H62O6/c1-4-7-10-13-14-15-16-17-18-19-22-24-27-33(36)39-30-31(40-34(37)28-25-21-12-9-6-3)29-38-32(35)26-23-20-11-8-5-2/h14-15,31H,4-13,16-30H2,1-3H3/b15-14-. The number of hydrogen-bond donors (Lipinski definition) is 0. The van der Waals surface area contributed by atoms with Crippen LogP contribution in [-0.2, 0) is 28.6 Å². The number of allylic oxidation sites excluding steroid dienone is 2. The Morgan fingerprint density at radius 2 is 0.825 bits per heavy atom. The van der Waals surface area contributed by atoms with Crippen LogP contribution in [0, 0.1) is 0 Å². The zero-order chi connectivity index (χ0) is 29.5. The van der Waals surface area contributed by atoms with Crippen molar-refractivity contribution in [3.63, 3.8) is 0 Å². The zero-order valence-electron chi connectivity index (χ0n) is 26.4. The fraction of sp³-hybridized carbons (Fsp3) is 0.853. The summed E-state index contributed by atoms with van der Waals surface area (Å²) in [5.74, 6) is -0.919. The highest BCUT2D eigenvalue weighted by Crippen LogP contribution is 2.11. The van der Waals surface area contributed by atoms with Crippen molar-refractivity contribution in [2.45, 2.75) is 175 Å². The molecule has 0 radical (unpaired) electrons. The summed E-state index contributed by atoms with van der Waals surface area (Å²) in [6, 6.07) is 0. The second kappa shape index (κ2) is 30.1. The van der Waals surface area contributed by atoms with Crippen molar-refractivity contribution in [2.75, 3.05) is 13.2 Å². The molecular formula is C34H62O6. The quantitative estimate of drug-likeness (QED) is 0.0388. The molecule has 0 bridgehead atoms. The van der Waals surface area contributed by atoms with Gasteiger partial charge in [0.2, 0.25) is 0 Å². The Bertz CT molecular complexity index is 630. The second-order valence-electron chi connectivity index (χ2n) is 11.1. The van der Waals surface area contributed by atoms with Crippen LogP contribution in [0.2, 0.25) is 0 Å². The molecule has 40 heavy (non-hydrogen) atoms. The minimum atomic E-state index is -0.758. The van der Waals surface area contributed by atoms with Gasteiger partial charge in [-0.25, -0.2) is 0 Å². The van der Waals surface area contributed by atoms with Crippen LogP contribution < -0.4 is 0 Å². The first-order valence-corrected chi connectivity index (χ1v) is 16.7. The van der Waals surface area contributed by atoms with Crippen LogP contribution in [0.4, 0.5) is 0 Å². The Morgan fingerprint density at radius 3 is 1.30 bits per heavy atom. The maximum absolute atomic E-state index is 12.3. The Balaban J connectivity index is 4.25. The van der Waals surface area contributed by atoms with Crippen molar-refractivity contribution in [3.05, 3.63) is 12.2 Å². The lowest BCUT2D eigenvalue weighted by molar-refractivity contribution is -0.167. The van der Waals surface area contributed by atoms with Crippen LogP contribution in [0.25, 0.3) is 0 Å². The minimum Gasteiger partial charge on any atom is -0.462 e. The molecule has 0 saturated heterocycles. The number of unbranched alkanes of at least 4 members (excludes halogenated alkanes) is 16. The van der Waals surface area contributed by atoms with E-state index in [-0.39, 0.29) is 31.1 Å². The lowest BCUT2D eigenvalue weighted by atomic mass is 10.1. The Morgan fingerprint density at radius 1 is 0.475 bits per heavy atom. The molecule has 0 aromatic rings. The molecule has 0 rings (SSSR count). The third-order valence-corrected chi connectivity index (χ3v) is 7.02. The Hall–Kier alpha value is -1.85. The predicted octanol–water partition coefficient (Wildman–Crippen LogP) is 9.57. The van der Waals surface area contributed by atoms with Crippen molar-refractivity contribution in [1.29, 1.82) is 0 Å². The molecule has 1 unspecified atom stereocenters. The number of carbonyl (C=O) groups excluding carboxylic acids is 3. The van der Waals surface area contributed by atoms with Crippen LogP contribution in [0.3, 0.4) is 0 Å². The van der Waals surface area contributed by atoms with Gasteiger partial charge < -0.3 is 14.2 Å². The first-order valence-electron chi connectivity index (χ1n) is 16.7. The molecule has 0 amide bonds. The summed E-state index contributed by atoms with van der Waals surface area (Å²) in [4.78, 5) is 36.8. The molecule has 0 saturated carbocycles. The molecule has 1 atom stereocenters. The fourth-order valence-electron chi connectivity index (χ4n) is 4.43. The highest BCUT2D eigenvalue weighted by molar-refractivity contribution is 5.71. The maximum Gasteiger partial charge on any atom is 0.306 e. The predicted molar refractivity (Wildman–Crippen MR) is 164 cm³/mol. The average Bonchev–Trinajstić information content (AvgIpc) is 2.94. The van der Waals surface area contributed by atoms with E-state index in [1.54, 1.807) is 0 Å². The van der Waals surface area contributed by atoms with E-state index in [1.165, 1.54) is 51.4 Å². The molecule has 6 heteroatoms. The third kappa shape index (κ3) is 27.7. The highest BCUT2D eigenvalue weighted by Gasteiger charge is 2.19. The summed E-state index contributed by atoms with van der Waals surface area (Å²) < 4.78 is 16.3. The zero-order valence-corrected chi connectivity index (χ0v) is 26.4. The summed E-state index contributed by atoms with van der Waals surface area (Å²) in [7, 11) is 0. The number of hydrogen-bond acceptors (Lipinski definition) is 6. The van der Waals surface area contributed by atoms with Crippen molar-refractivity contribution < 1.29 is 28.6 Å². The molecular weight excluding hydrogens is 504 g/mol. The molecule has 0 aromatic heterocycles. The summed E-state index contributed by atoms with van der Waals surface area (Å²) >= 11 is 0. The molecule has 0 fully saturated rings. The summed E-state index contributed by atoms with van der Waals surface area (Å²) in [6.07, 6.45) is 26.8. The van der Waals surface area contributed by atoms with Gasteiger partial charge in [-0.3, -0.25) is 14.4 Å². The topological polar surface area (TPSA) is 78.9 Å². The van der Waals surface area contributed by atoms with Crippen molar-refractivity contribution in [1.82, 2.24) is 0 Å². The van der Waals surface area contributed by atoms with E-state index in [2.05, 4.69) is 32.9 Å². The number of carbonyl (C=O) groups is 3. The monoisotopic (exact) mass is 566 g/mol. The summed E-state index contributed by atoms with van der Waals surface area (Å²) in [6.45, 7) is 6.39. The van der Waals surface area contributed by atoms with Gasteiger partial charge in [0.1, 0.15) is 13.2 Å². The van der Waals surface area contributed by atoms with E-state index in [4.69, 9.17) is 14.2 Å². The fourth-order valence-corrected chi connectivity index (χ4v) is 4.43. The van der Waals surface area contributed by atoms with E-state index in [0.29, 0.717) is 19.3 Å². The molecule has 6 nitrogen and oxygen atoms in total. The van der Waals surface area contributed by atoms with Crippen LogP contribution in [0.5, 0.6) is 0 Å². The molecule has 0 N–H and O–H groups in total. The normalized spacial score (nSPS) is 12.0. The van der Waals surface area contributed by atoms with Gasteiger partial charge in [0.05, 0.1) is 0 Å². The van der Waals surface area contributed by atoms with Gasteiger partial charge >= 0.3 is 17.9 Å². The van der Waals surface area contributed by atoms with Gasteiger partial charge in [0, 0.05) is 19.3 Å². The molecule has 0 spiro atoms. The smallest absolute Gasteiger partial charge is 0.306 e. The van der Waals surface area contributed by atoms with Crippen LogP contribution in [0.1, 0.15) is 168 Å². The summed E-state index contributed by atoms with van der Waals surface area (Å²) in [5.41, 5.74) is 0. The number of esters is 3. The summed E-state index contributed by atoms with van der Waals surface area (Å²) in [5, 5.41) is 0. The SMILES string of the molecule is CCCCC/C=C\CCCCCCCC(=O)OCC(COC(=O)CCCCCCC)OC(=O)CCCCCCC. The van der Waals surface area contributed by atoms with Gasteiger partial charge in [-0.1, -0.05) is 116 Å². The van der Waals surface area contributed by atoms with Gasteiger partial charge in [-0.05, 0) is 44.9 Å². The molecule has 0 aliphatic rings. The maximum atomic E-state index is 12.3. The first kappa shape index (κ1) is 38.1. The van der Waals surface area contributed by atoms with E-state index in [1.807, 2.05) is 0 Å². The van der Waals surface area contributed by atoms with E-state index in [9.17, 15) is 14.4 Å². The lowest BCUT2D eigenvalue weighted by Crippen LogP contribution is -2.30. The third-order valence-electron chi connectivity index (χ3n) is 7.02. The van der Waals surface area contributed by atoms with Crippen molar-refractivity contribution >= 4 is 17.9 Å². The molecule has 234 valence electrons. The van der Waals surface area contributed by atoms with E-state index < -0.39 is 6.10 Å². The Kier molecular flexibility index (Phi) is 28.7. The molecule has 0 heterocycles. The largest absolute Gasteiger partial charge is 0.462 e. The van der Waals surface area contributed by atoms with Gasteiger partial charge in [0.15, 0.2) is 6.10 Å². The van der Waals surface area contributed by atoms with Gasteiger partial charge in [0.25, 0.3) is 0 Å². The molecule has 0 aliphatic carbocycles. The lowest BCUT2D eigenvalue weighted by Gasteiger charge is -2.18. The van der Waals surface area contributed by atoms with Crippen LogP contribution in [0.15, 0.2) is 12.2 Å². The first-order chi connectivity index (χ1) is 19.5. The highest BCUT2D eigenvalue weighted by atomic mass is 16.6. The number of rotatable bonds is 29. The van der Waals surface area contributed by atoms with Crippen LogP contribution in [-0.4, -0.2) is 37.2 Å².